The van der Waals surface area contributed by atoms with Gasteiger partial charge in [-0.25, -0.2) is 0 Å². The topological polar surface area (TPSA) is 101 Å². The SMILES string of the molecule is C[C@H]1[C@H]([Si](C)(C)F)[C@@H](CCn2cc(C(CO)c3ccccc3)nn2)O[C@]12C(=O)N(Cc1ccccc1)c1ccc(N(C=O)c3ccccc3)cc12. The highest BCUT2D eigenvalue weighted by molar-refractivity contribution is 6.72. The minimum atomic E-state index is -3.43. The van der Waals surface area contributed by atoms with E-state index in [1.165, 1.54) is 4.90 Å². The van der Waals surface area contributed by atoms with E-state index in [4.69, 9.17) is 4.74 Å². The molecule has 1 saturated heterocycles. The van der Waals surface area contributed by atoms with Gasteiger partial charge in [0.25, 0.3) is 5.91 Å². The highest BCUT2D eigenvalue weighted by Crippen LogP contribution is 2.61. The maximum atomic E-state index is 16.5. The lowest BCUT2D eigenvalue weighted by Gasteiger charge is -2.31. The summed E-state index contributed by atoms with van der Waals surface area (Å²) < 4.78 is 25.3. The average molecular weight is 704 g/mol. The molecule has 1 spiro atoms. The van der Waals surface area contributed by atoms with Gasteiger partial charge in [-0.2, -0.15) is 0 Å². The average Bonchev–Trinajstić information content (AvgIpc) is 3.79. The number of aryl methyl sites for hydroxylation is 1. The van der Waals surface area contributed by atoms with Crippen LogP contribution in [-0.2, 0) is 33.0 Å². The van der Waals surface area contributed by atoms with Gasteiger partial charge in [-0.15, -0.1) is 5.10 Å². The number of nitrogens with zero attached hydrogens (tertiary/aromatic N) is 5. The molecule has 51 heavy (non-hydrogen) atoms. The van der Waals surface area contributed by atoms with E-state index in [1.807, 2.05) is 122 Å². The van der Waals surface area contributed by atoms with Crippen molar-refractivity contribution >= 4 is 37.8 Å². The van der Waals surface area contributed by atoms with Crippen molar-refractivity contribution in [3.8, 4) is 0 Å². The van der Waals surface area contributed by atoms with Crippen LogP contribution in [0.5, 0.6) is 0 Å². The lowest BCUT2D eigenvalue weighted by molar-refractivity contribution is -0.146. The molecule has 1 N–H and O–H groups in total. The van der Waals surface area contributed by atoms with Crippen molar-refractivity contribution in [1.29, 1.82) is 0 Å². The molecule has 0 radical (unpaired) electrons. The summed E-state index contributed by atoms with van der Waals surface area (Å²) in [4.78, 5) is 30.7. The van der Waals surface area contributed by atoms with Crippen LogP contribution in [0.15, 0.2) is 115 Å². The molecule has 2 aliphatic heterocycles. The predicted molar refractivity (Wildman–Crippen MR) is 197 cm³/mol. The molecule has 2 amide bonds. The zero-order valence-electron chi connectivity index (χ0n) is 29.0. The van der Waals surface area contributed by atoms with Gasteiger partial charge in [0.1, 0.15) is 0 Å². The summed E-state index contributed by atoms with van der Waals surface area (Å²) in [5.74, 6) is -1.05. The number of carbonyl (C=O) groups excluding carboxylic acids is 2. The zero-order chi connectivity index (χ0) is 35.8. The van der Waals surface area contributed by atoms with Gasteiger partial charge in [0.2, 0.25) is 14.8 Å². The van der Waals surface area contributed by atoms with Gasteiger partial charge in [-0.3, -0.25) is 19.2 Å². The molecule has 5 atom stereocenters. The fourth-order valence-corrected chi connectivity index (χ4v) is 10.7. The molecule has 1 aromatic heterocycles. The van der Waals surface area contributed by atoms with E-state index >= 15 is 4.11 Å². The van der Waals surface area contributed by atoms with Crippen LogP contribution in [0.3, 0.4) is 0 Å². The zero-order valence-corrected chi connectivity index (χ0v) is 30.0. The molecule has 0 saturated carbocycles. The van der Waals surface area contributed by atoms with Crippen LogP contribution in [0.4, 0.5) is 21.2 Å². The van der Waals surface area contributed by atoms with Gasteiger partial charge < -0.3 is 18.9 Å². The number of benzene rings is 4. The van der Waals surface area contributed by atoms with Gasteiger partial charge in [0.15, 0.2) is 5.60 Å². The summed E-state index contributed by atoms with van der Waals surface area (Å²) in [7, 11) is -3.43. The summed E-state index contributed by atoms with van der Waals surface area (Å²) in [6.45, 7) is 5.90. The number of para-hydroxylation sites is 1. The molecule has 262 valence electrons. The van der Waals surface area contributed by atoms with E-state index in [0.717, 1.165) is 17.5 Å². The molecule has 3 heterocycles. The van der Waals surface area contributed by atoms with Crippen LogP contribution >= 0.6 is 0 Å². The molecule has 11 heteroatoms. The number of amides is 2. The highest BCUT2D eigenvalue weighted by atomic mass is 28.4. The first-order valence-corrected chi connectivity index (χ1v) is 20.3. The second-order valence-electron chi connectivity index (χ2n) is 14.0. The third-order valence-electron chi connectivity index (χ3n) is 10.5. The molecule has 5 aromatic rings. The van der Waals surface area contributed by atoms with E-state index < -0.39 is 31.6 Å². The van der Waals surface area contributed by atoms with E-state index in [2.05, 4.69) is 10.3 Å². The Bertz CT molecular complexity index is 1990. The van der Waals surface area contributed by atoms with Gasteiger partial charge in [-0.1, -0.05) is 91.0 Å². The molecule has 9 nitrogen and oxygen atoms in total. The first-order chi connectivity index (χ1) is 24.7. The summed E-state index contributed by atoms with van der Waals surface area (Å²) in [5.41, 5.74) is 3.15. The Morgan fingerprint density at radius 2 is 1.65 bits per heavy atom. The van der Waals surface area contributed by atoms with E-state index in [1.54, 1.807) is 22.7 Å². The molecule has 1 unspecified atom stereocenters. The third kappa shape index (κ3) is 6.30. The van der Waals surface area contributed by atoms with Gasteiger partial charge in [0, 0.05) is 41.1 Å². The molecule has 2 aliphatic rings. The normalized spacial score (nSPS) is 21.9. The summed E-state index contributed by atoms with van der Waals surface area (Å²) >= 11 is 0. The van der Waals surface area contributed by atoms with Crippen molar-refractivity contribution < 1.29 is 23.5 Å². The van der Waals surface area contributed by atoms with Gasteiger partial charge in [0.05, 0.1) is 36.6 Å². The minimum absolute atomic E-state index is 0.118. The molecule has 0 bridgehead atoms. The number of anilines is 3. The Hall–Kier alpha value is -4.97. The number of aromatic nitrogens is 3. The van der Waals surface area contributed by atoms with Crippen LogP contribution in [-0.4, -0.2) is 53.5 Å². The molecule has 7 rings (SSSR count). The first-order valence-electron chi connectivity index (χ1n) is 17.4. The number of fused-ring (bicyclic) bond motifs is 2. The van der Waals surface area contributed by atoms with Gasteiger partial charge in [-0.05, 0) is 61.0 Å². The van der Waals surface area contributed by atoms with Crippen LogP contribution in [0, 0.1) is 5.92 Å². The fraction of sp³-hybridized carbons (Fsp3) is 0.300. The van der Waals surface area contributed by atoms with Gasteiger partial charge >= 0.3 is 0 Å². The van der Waals surface area contributed by atoms with E-state index in [9.17, 15) is 14.7 Å². The number of hydrogen-bond donors (Lipinski definition) is 1. The van der Waals surface area contributed by atoms with Crippen LogP contribution in [0.1, 0.15) is 41.6 Å². The lowest BCUT2D eigenvalue weighted by Crippen LogP contribution is -2.45. The molecule has 4 aromatic carbocycles. The maximum Gasteiger partial charge on any atom is 0.264 e. The number of aliphatic hydroxyl groups excluding tert-OH is 1. The molecule has 0 aliphatic carbocycles. The van der Waals surface area contributed by atoms with Crippen molar-refractivity contribution in [2.24, 2.45) is 5.92 Å². The lowest BCUT2D eigenvalue weighted by atomic mass is 9.82. The van der Waals surface area contributed by atoms with Crippen molar-refractivity contribution in [2.75, 3.05) is 16.4 Å². The first kappa shape index (κ1) is 34.5. The minimum Gasteiger partial charge on any atom is -0.395 e. The number of aliphatic hydroxyl groups is 1. The van der Waals surface area contributed by atoms with Crippen molar-refractivity contribution in [3.05, 3.63) is 138 Å². The van der Waals surface area contributed by atoms with E-state index in [0.29, 0.717) is 47.8 Å². The van der Waals surface area contributed by atoms with Crippen LogP contribution in [0.25, 0.3) is 0 Å². The Kier molecular flexibility index (Phi) is 9.45. The third-order valence-corrected chi connectivity index (χ3v) is 12.9. The van der Waals surface area contributed by atoms with Crippen LogP contribution < -0.4 is 9.80 Å². The highest BCUT2D eigenvalue weighted by Gasteiger charge is 2.66. The Morgan fingerprint density at radius 3 is 2.29 bits per heavy atom. The Balaban J connectivity index is 1.25. The van der Waals surface area contributed by atoms with Crippen molar-refractivity contribution in [1.82, 2.24) is 15.0 Å². The van der Waals surface area contributed by atoms with Crippen LogP contribution in [0.2, 0.25) is 18.6 Å². The smallest absolute Gasteiger partial charge is 0.264 e. The summed E-state index contributed by atoms with van der Waals surface area (Å²) in [6, 6.07) is 34.3. The number of hydrogen-bond acceptors (Lipinski definition) is 6. The Morgan fingerprint density at radius 1 is 0.980 bits per heavy atom. The molecular weight excluding hydrogens is 662 g/mol. The maximum absolute atomic E-state index is 16.5. The second-order valence-corrected chi connectivity index (χ2v) is 17.8. The van der Waals surface area contributed by atoms with Crippen molar-refractivity contribution in [2.45, 2.75) is 62.7 Å². The summed E-state index contributed by atoms with van der Waals surface area (Å²) in [6.07, 6.45) is 2.39. The number of rotatable bonds is 12. The molecule has 1 fully saturated rings. The summed E-state index contributed by atoms with van der Waals surface area (Å²) in [5, 5.41) is 18.9. The van der Waals surface area contributed by atoms with Crippen molar-refractivity contribution in [3.63, 3.8) is 0 Å². The number of halogens is 1. The Labute approximate surface area is 298 Å². The monoisotopic (exact) mass is 703 g/mol. The molecular formula is C40H42FN5O4Si. The predicted octanol–water partition coefficient (Wildman–Crippen LogP) is 7.11. The second kappa shape index (κ2) is 14.0. The largest absolute Gasteiger partial charge is 0.395 e. The van der Waals surface area contributed by atoms with E-state index in [-0.39, 0.29) is 18.4 Å². The quantitative estimate of drug-likeness (QED) is 0.0845. The number of ether oxygens (including phenoxy) is 1. The standard InChI is InChI=1S/C40H42FN5O4Si/c1-28-38(51(2,3)41)37(21-22-44-25-35(42-43-44)33(26-47)30-15-9-5-10-16-30)50-40(28)34-23-32(46(27-48)31-17-11-6-12-18-31)19-20-36(34)45(39(40)49)24-29-13-7-4-8-14-29/h4-20,23,25,27-28,33,37-38,47H,21-22,24,26H2,1-3H3/t28-,33?,37+,38-,40+/m0/s1. The number of carbonyl (C=O) groups is 2. The fourth-order valence-electron chi connectivity index (χ4n) is 8.13.